The fourth-order valence-corrected chi connectivity index (χ4v) is 0.0967. The van der Waals surface area contributed by atoms with Gasteiger partial charge in [-0.2, -0.15) is 5.26 Å². The monoisotopic (exact) mass is 118 g/mol. The Labute approximate surface area is 46.2 Å². The van der Waals surface area contributed by atoms with Gasteiger partial charge in [0.05, 0.1) is 7.11 Å². The number of amides is 1. The van der Waals surface area contributed by atoms with Gasteiger partial charge >= 0.3 is 6.09 Å². The Hall–Kier alpha value is -1.28. The number of nitrogens with zero attached hydrogens (tertiary/aromatic N) is 1. The van der Waals surface area contributed by atoms with Crippen molar-refractivity contribution < 1.29 is 15.0 Å². The van der Waals surface area contributed by atoms with Gasteiger partial charge in [0.15, 0.2) is 6.19 Å². The van der Waals surface area contributed by atoms with Crippen molar-refractivity contribution >= 4 is 6.09 Å². The predicted molar refractivity (Wildman–Crippen MR) is 24.8 cm³/mol. The molecular formula is C3H6N2O3. The molecule has 46 valence electrons. The number of carbonyl (C=O) groups excluding carboxylic acids is 1. The molecule has 5 heteroatoms. The van der Waals surface area contributed by atoms with Crippen molar-refractivity contribution in [2.45, 2.75) is 0 Å². The Morgan fingerprint density at radius 1 is 1.88 bits per heavy atom. The molecule has 0 radical (unpaired) electrons. The van der Waals surface area contributed by atoms with Crippen LogP contribution in [-0.4, -0.2) is 18.7 Å². The molecule has 3 N–H and O–H groups in total. The molecule has 8 heavy (non-hydrogen) atoms. The number of nitriles is 1. The van der Waals surface area contributed by atoms with Crippen LogP contribution in [-0.2, 0) is 4.74 Å². The van der Waals surface area contributed by atoms with Crippen molar-refractivity contribution in [3.8, 4) is 6.19 Å². The highest BCUT2D eigenvalue weighted by atomic mass is 16.5. The lowest BCUT2D eigenvalue weighted by molar-refractivity contribution is 0.176. The summed E-state index contributed by atoms with van der Waals surface area (Å²) in [6, 6.07) is 0. The zero-order valence-corrected chi connectivity index (χ0v) is 4.26. The number of nitrogens with one attached hydrogen (secondary N) is 1. The Balaban J connectivity index is 0. The summed E-state index contributed by atoms with van der Waals surface area (Å²) in [4.78, 5) is 9.86. The molecule has 1 amide bonds. The molecule has 0 aliphatic heterocycles. The first-order chi connectivity index (χ1) is 3.31. The van der Waals surface area contributed by atoms with Gasteiger partial charge in [0.1, 0.15) is 0 Å². The lowest BCUT2D eigenvalue weighted by Gasteiger charge is -1.88. The van der Waals surface area contributed by atoms with E-state index in [0.717, 1.165) is 0 Å². The third-order valence-electron chi connectivity index (χ3n) is 0.343. The molecule has 0 atom stereocenters. The summed E-state index contributed by atoms with van der Waals surface area (Å²) >= 11 is 0. The lowest BCUT2D eigenvalue weighted by Crippen LogP contribution is -2.16. The van der Waals surface area contributed by atoms with Gasteiger partial charge < -0.3 is 10.2 Å². The van der Waals surface area contributed by atoms with E-state index in [2.05, 4.69) is 4.74 Å². The fraction of sp³-hybridized carbons (Fsp3) is 0.333. The summed E-state index contributed by atoms with van der Waals surface area (Å²) in [5.41, 5.74) is 0. The highest BCUT2D eigenvalue weighted by Gasteiger charge is 1.90. The molecule has 0 aromatic rings. The van der Waals surface area contributed by atoms with E-state index >= 15 is 0 Å². The average Bonchev–Trinajstić information content (AvgIpc) is 1.68. The van der Waals surface area contributed by atoms with Crippen LogP contribution in [0.15, 0.2) is 0 Å². The number of methoxy groups -OCH3 is 1. The molecule has 0 heterocycles. The molecule has 0 saturated heterocycles. The Bertz CT molecular complexity index is 106. The van der Waals surface area contributed by atoms with E-state index in [-0.39, 0.29) is 5.48 Å². The van der Waals surface area contributed by atoms with Crippen molar-refractivity contribution in [3.05, 3.63) is 0 Å². The standard InChI is InChI=1S/C3H4N2O2.H2O/c1-7-3(6)5-2-4;/h1H3,(H,5,6);1H2. The molecule has 0 rings (SSSR count). The number of hydrogen-bond acceptors (Lipinski definition) is 3. The summed E-state index contributed by atoms with van der Waals surface area (Å²) in [6.07, 6.45) is 0.660. The molecule has 0 aliphatic carbocycles. The topological polar surface area (TPSA) is 93.6 Å². The first-order valence-electron chi connectivity index (χ1n) is 1.54. The van der Waals surface area contributed by atoms with Crippen LogP contribution < -0.4 is 5.32 Å². The highest BCUT2D eigenvalue weighted by molar-refractivity contribution is 5.68. The number of carbonyl (C=O) groups is 1. The van der Waals surface area contributed by atoms with Crippen molar-refractivity contribution in [3.63, 3.8) is 0 Å². The molecular weight excluding hydrogens is 112 g/mol. The van der Waals surface area contributed by atoms with Gasteiger partial charge in [-0.1, -0.05) is 0 Å². The number of hydrogen-bond donors (Lipinski definition) is 1. The van der Waals surface area contributed by atoms with Crippen molar-refractivity contribution in [1.29, 1.82) is 5.26 Å². The second kappa shape index (κ2) is 5.72. The molecule has 0 fully saturated rings. The van der Waals surface area contributed by atoms with Gasteiger partial charge in [0.2, 0.25) is 0 Å². The van der Waals surface area contributed by atoms with E-state index in [1.54, 1.807) is 5.32 Å². The van der Waals surface area contributed by atoms with Crippen LogP contribution in [0.5, 0.6) is 0 Å². The van der Waals surface area contributed by atoms with Crippen molar-refractivity contribution in [2.24, 2.45) is 0 Å². The van der Waals surface area contributed by atoms with Crippen LogP contribution >= 0.6 is 0 Å². The Morgan fingerprint density at radius 2 is 2.38 bits per heavy atom. The van der Waals surface area contributed by atoms with Gasteiger partial charge in [-0.05, 0) is 0 Å². The van der Waals surface area contributed by atoms with Crippen LogP contribution in [0.25, 0.3) is 0 Å². The fourth-order valence-electron chi connectivity index (χ4n) is 0.0967. The molecule has 0 unspecified atom stereocenters. The average molecular weight is 118 g/mol. The third kappa shape index (κ3) is 4.72. The largest absolute Gasteiger partial charge is 0.452 e. The van der Waals surface area contributed by atoms with E-state index < -0.39 is 6.09 Å². The predicted octanol–water partition coefficient (Wildman–Crippen LogP) is -1.00. The summed E-state index contributed by atoms with van der Waals surface area (Å²) in [5.74, 6) is 0. The smallest absolute Gasteiger partial charge is 0.420 e. The molecule has 5 nitrogen and oxygen atoms in total. The van der Waals surface area contributed by atoms with Crippen LogP contribution in [0, 0.1) is 11.5 Å². The van der Waals surface area contributed by atoms with Crippen LogP contribution in [0.1, 0.15) is 0 Å². The molecule has 0 aromatic carbocycles. The van der Waals surface area contributed by atoms with E-state index in [1.807, 2.05) is 0 Å². The lowest BCUT2D eigenvalue weighted by atomic mass is 11.1. The van der Waals surface area contributed by atoms with Crippen LogP contribution in [0.3, 0.4) is 0 Å². The van der Waals surface area contributed by atoms with Gasteiger partial charge in [0, 0.05) is 0 Å². The zero-order valence-electron chi connectivity index (χ0n) is 4.26. The minimum Gasteiger partial charge on any atom is -0.452 e. The number of ether oxygens (including phenoxy) is 1. The van der Waals surface area contributed by atoms with Crippen LogP contribution in [0.4, 0.5) is 4.79 Å². The summed E-state index contributed by atoms with van der Waals surface area (Å²) in [6.45, 7) is 0. The molecule has 0 aliphatic rings. The van der Waals surface area contributed by atoms with E-state index in [9.17, 15) is 4.79 Å². The SMILES string of the molecule is COC(=O)NC#N.O. The summed E-state index contributed by atoms with van der Waals surface area (Å²) < 4.78 is 4.02. The second-order valence-corrected chi connectivity index (χ2v) is 0.728. The van der Waals surface area contributed by atoms with Crippen molar-refractivity contribution in [1.82, 2.24) is 5.32 Å². The van der Waals surface area contributed by atoms with Gasteiger partial charge in [0.25, 0.3) is 0 Å². The van der Waals surface area contributed by atoms with E-state index in [0.29, 0.717) is 0 Å². The summed E-state index contributed by atoms with van der Waals surface area (Å²) in [7, 11) is 1.19. The first kappa shape index (κ1) is 9.87. The van der Waals surface area contributed by atoms with Crippen molar-refractivity contribution in [2.75, 3.05) is 7.11 Å². The summed E-state index contributed by atoms with van der Waals surface area (Å²) in [5, 5.41) is 9.45. The number of rotatable bonds is 0. The zero-order chi connectivity index (χ0) is 5.70. The van der Waals surface area contributed by atoms with E-state index in [1.165, 1.54) is 13.3 Å². The first-order valence-corrected chi connectivity index (χ1v) is 1.54. The van der Waals surface area contributed by atoms with Gasteiger partial charge in [-0.25, -0.2) is 10.1 Å². The second-order valence-electron chi connectivity index (χ2n) is 0.728. The minimum atomic E-state index is -0.734. The van der Waals surface area contributed by atoms with E-state index in [4.69, 9.17) is 5.26 Å². The van der Waals surface area contributed by atoms with Gasteiger partial charge in [-0.3, -0.25) is 0 Å². The normalized spacial score (nSPS) is 5.50. The minimum absolute atomic E-state index is 0. The highest BCUT2D eigenvalue weighted by Crippen LogP contribution is 1.64. The maximum absolute atomic E-state index is 9.86. The number of alkyl carbamates (subject to hydrolysis) is 1. The molecule has 0 bridgehead atoms. The maximum atomic E-state index is 9.86. The van der Waals surface area contributed by atoms with Crippen LogP contribution in [0.2, 0.25) is 0 Å². The Morgan fingerprint density at radius 3 is 2.50 bits per heavy atom. The Kier molecular flexibility index (Phi) is 7.06. The van der Waals surface area contributed by atoms with Gasteiger partial charge in [-0.15, -0.1) is 0 Å². The quantitative estimate of drug-likeness (QED) is 0.326. The molecule has 0 saturated carbocycles. The third-order valence-corrected chi connectivity index (χ3v) is 0.343. The maximum Gasteiger partial charge on any atom is 0.420 e. The molecule has 0 aromatic heterocycles. The molecule has 0 spiro atoms.